The molecule has 2 aliphatic heterocycles. The second kappa shape index (κ2) is 9.30. The van der Waals surface area contributed by atoms with Crippen LogP contribution in [0.2, 0.25) is 0 Å². The van der Waals surface area contributed by atoms with Crippen molar-refractivity contribution in [1.82, 2.24) is 4.90 Å². The van der Waals surface area contributed by atoms with Gasteiger partial charge in [0.1, 0.15) is 5.75 Å². The molecule has 2 aromatic rings. The first kappa shape index (κ1) is 21.0. The molecule has 2 amide bonds. The maximum Gasteiger partial charge on any atom is 0.265 e. The SMILES string of the molecule is O=C(CCN1CC(C(=O)N2CCOCC2)Oc2ccccc21)Nc1ccc(F)c(F)c1. The number of carbonyl (C=O) groups excluding carboxylic acids is 2. The minimum absolute atomic E-state index is 0.103. The highest BCUT2D eigenvalue weighted by atomic mass is 19.2. The predicted molar refractivity (Wildman–Crippen MR) is 110 cm³/mol. The second-order valence-electron chi connectivity index (χ2n) is 7.38. The van der Waals surface area contributed by atoms with Crippen LogP contribution in [0.1, 0.15) is 6.42 Å². The lowest BCUT2D eigenvalue weighted by Crippen LogP contribution is -2.53. The number of amides is 2. The Labute approximate surface area is 178 Å². The van der Waals surface area contributed by atoms with Gasteiger partial charge in [-0.25, -0.2) is 8.78 Å². The van der Waals surface area contributed by atoms with Crippen LogP contribution in [-0.4, -0.2) is 62.2 Å². The minimum Gasteiger partial charge on any atom is -0.477 e. The van der Waals surface area contributed by atoms with Gasteiger partial charge in [-0.1, -0.05) is 12.1 Å². The molecule has 0 aromatic heterocycles. The molecule has 1 atom stereocenters. The number of rotatable bonds is 5. The monoisotopic (exact) mass is 431 g/mol. The van der Waals surface area contributed by atoms with Crippen LogP contribution in [0.3, 0.4) is 0 Å². The molecular formula is C22H23F2N3O4. The molecule has 0 aliphatic carbocycles. The van der Waals surface area contributed by atoms with E-state index in [0.29, 0.717) is 45.1 Å². The first-order valence-electron chi connectivity index (χ1n) is 10.1. The molecule has 1 N–H and O–H groups in total. The summed E-state index contributed by atoms with van der Waals surface area (Å²) < 4.78 is 37.7. The highest BCUT2D eigenvalue weighted by Crippen LogP contribution is 2.33. The number of ether oxygens (including phenoxy) is 2. The number of nitrogens with one attached hydrogen (secondary N) is 1. The van der Waals surface area contributed by atoms with Crippen LogP contribution >= 0.6 is 0 Å². The summed E-state index contributed by atoms with van der Waals surface area (Å²) in [5.74, 6) is -1.86. The third-order valence-electron chi connectivity index (χ3n) is 5.27. The average molecular weight is 431 g/mol. The maximum atomic E-state index is 13.4. The van der Waals surface area contributed by atoms with E-state index >= 15 is 0 Å². The number of nitrogens with zero attached hydrogens (tertiary/aromatic N) is 2. The fourth-order valence-corrected chi connectivity index (χ4v) is 3.67. The summed E-state index contributed by atoms with van der Waals surface area (Å²) in [6.45, 7) is 2.70. The lowest BCUT2D eigenvalue weighted by atomic mass is 10.1. The van der Waals surface area contributed by atoms with Gasteiger partial charge in [-0.2, -0.15) is 0 Å². The third kappa shape index (κ3) is 4.93. The molecule has 1 unspecified atom stereocenters. The summed E-state index contributed by atoms with van der Waals surface area (Å²) >= 11 is 0. The molecule has 2 aromatic carbocycles. The maximum absolute atomic E-state index is 13.4. The van der Waals surface area contributed by atoms with E-state index in [0.717, 1.165) is 17.8 Å². The van der Waals surface area contributed by atoms with Crippen molar-refractivity contribution in [2.24, 2.45) is 0 Å². The van der Waals surface area contributed by atoms with E-state index in [1.807, 2.05) is 23.1 Å². The van der Waals surface area contributed by atoms with Crippen molar-refractivity contribution in [3.05, 3.63) is 54.1 Å². The summed E-state index contributed by atoms with van der Waals surface area (Å²) in [5.41, 5.74) is 0.987. The number of halogens is 2. The Balaban J connectivity index is 1.41. The summed E-state index contributed by atoms with van der Waals surface area (Å²) in [4.78, 5) is 28.9. The number of anilines is 2. The zero-order valence-electron chi connectivity index (χ0n) is 16.9. The van der Waals surface area contributed by atoms with E-state index in [1.54, 1.807) is 11.0 Å². The number of hydrogen-bond donors (Lipinski definition) is 1. The lowest BCUT2D eigenvalue weighted by molar-refractivity contribution is -0.142. The van der Waals surface area contributed by atoms with Crippen LogP contribution in [0.25, 0.3) is 0 Å². The zero-order chi connectivity index (χ0) is 21.8. The number of hydrogen-bond acceptors (Lipinski definition) is 5. The molecule has 9 heteroatoms. The van der Waals surface area contributed by atoms with Crippen molar-refractivity contribution < 1.29 is 27.8 Å². The third-order valence-corrected chi connectivity index (χ3v) is 5.27. The quantitative estimate of drug-likeness (QED) is 0.788. The number of carbonyl (C=O) groups is 2. The Morgan fingerprint density at radius 1 is 1.06 bits per heavy atom. The Morgan fingerprint density at radius 3 is 2.61 bits per heavy atom. The molecule has 1 fully saturated rings. The second-order valence-corrected chi connectivity index (χ2v) is 7.38. The van der Waals surface area contributed by atoms with Gasteiger partial charge >= 0.3 is 0 Å². The molecule has 7 nitrogen and oxygen atoms in total. The molecular weight excluding hydrogens is 408 g/mol. The molecule has 2 aliphatic rings. The average Bonchev–Trinajstić information content (AvgIpc) is 2.80. The van der Waals surface area contributed by atoms with E-state index in [9.17, 15) is 18.4 Å². The minimum atomic E-state index is -1.02. The number of para-hydroxylation sites is 2. The number of fused-ring (bicyclic) bond motifs is 1. The predicted octanol–water partition coefficient (Wildman–Crippen LogP) is 2.42. The first-order valence-corrected chi connectivity index (χ1v) is 10.1. The summed E-state index contributed by atoms with van der Waals surface area (Å²) in [5, 5.41) is 2.57. The van der Waals surface area contributed by atoms with Crippen LogP contribution in [0.4, 0.5) is 20.2 Å². The van der Waals surface area contributed by atoms with Crippen LogP contribution in [0, 0.1) is 11.6 Å². The van der Waals surface area contributed by atoms with E-state index in [4.69, 9.17) is 9.47 Å². The zero-order valence-corrected chi connectivity index (χ0v) is 16.9. The lowest BCUT2D eigenvalue weighted by Gasteiger charge is -2.38. The fourth-order valence-electron chi connectivity index (χ4n) is 3.67. The molecule has 2 heterocycles. The van der Waals surface area contributed by atoms with Crippen molar-refractivity contribution in [1.29, 1.82) is 0 Å². The molecule has 0 spiro atoms. The Bertz CT molecular complexity index is 966. The molecule has 0 saturated carbocycles. The van der Waals surface area contributed by atoms with Gasteiger partial charge in [-0.05, 0) is 24.3 Å². The first-order chi connectivity index (χ1) is 15.0. The van der Waals surface area contributed by atoms with E-state index in [1.165, 1.54) is 6.07 Å². The van der Waals surface area contributed by atoms with Crippen LogP contribution in [-0.2, 0) is 14.3 Å². The van der Waals surface area contributed by atoms with Crippen molar-refractivity contribution >= 4 is 23.2 Å². The van der Waals surface area contributed by atoms with Gasteiger partial charge in [0.15, 0.2) is 17.7 Å². The van der Waals surface area contributed by atoms with Crippen LogP contribution in [0.15, 0.2) is 42.5 Å². The van der Waals surface area contributed by atoms with E-state index in [-0.39, 0.29) is 23.9 Å². The normalized spacial score (nSPS) is 18.2. The summed E-state index contributed by atoms with van der Waals surface area (Å²) in [6, 6.07) is 10.6. The van der Waals surface area contributed by atoms with Gasteiger partial charge in [0.05, 0.1) is 25.4 Å². The van der Waals surface area contributed by atoms with E-state index < -0.39 is 17.7 Å². The molecule has 31 heavy (non-hydrogen) atoms. The van der Waals surface area contributed by atoms with Crippen molar-refractivity contribution in [3.8, 4) is 5.75 Å². The Kier molecular flexibility index (Phi) is 6.31. The van der Waals surface area contributed by atoms with Crippen LogP contribution in [0.5, 0.6) is 5.75 Å². The van der Waals surface area contributed by atoms with Crippen LogP contribution < -0.4 is 15.0 Å². The Morgan fingerprint density at radius 2 is 1.84 bits per heavy atom. The summed E-state index contributed by atoms with van der Waals surface area (Å²) in [6.07, 6.45) is -0.575. The standard InChI is InChI=1S/C22H23F2N3O4/c23-16-6-5-15(13-17(16)24)25-21(28)7-8-27-14-20(22(29)26-9-11-30-12-10-26)31-19-4-2-1-3-18(19)27/h1-6,13,20H,7-12,14H2,(H,25,28). The molecule has 1 saturated heterocycles. The van der Waals surface area contributed by atoms with Crippen molar-refractivity contribution in [2.75, 3.05) is 49.6 Å². The largest absolute Gasteiger partial charge is 0.477 e. The van der Waals surface area contributed by atoms with Crippen molar-refractivity contribution in [2.45, 2.75) is 12.5 Å². The molecule has 0 radical (unpaired) electrons. The van der Waals surface area contributed by atoms with Gasteiger partial charge in [-0.3, -0.25) is 9.59 Å². The van der Waals surface area contributed by atoms with Gasteiger partial charge in [0.2, 0.25) is 5.91 Å². The van der Waals surface area contributed by atoms with Gasteiger partial charge in [-0.15, -0.1) is 0 Å². The van der Waals surface area contributed by atoms with Gasteiger partial charge < -0.3 is 24.6 Å². The van der Waals surface area contributed by atoms with Gasteiger partial charge in [0, 0.05) is 37.8 Å². The van der Waals surface area contributed by atoms with Crippen molar-refractivity contribution in [3.63, 3.8) is 0 Å². The molecule has 164 valence electrons. The van der Waals surface area contributed by atoms with E-state index in [2.05, 4.69) is 5.32 Å². The fraction of sp³-hybridized carbons (Fsp3) is 0.364. The van der Waals surface area contributed by atoms with Gasteiger partial charge in [0.25, 0.3) is 5.91 Å². The highest BCUT2D eigenvalue weighted by molar-refractivity contribution is 5.91. The molecule has 0 bridgehead atoms. The number of morpholine rings is 1. The summed E-state index contributed by atoms with van der Waals surface area (Å²) in [7, 11) is 0. The number of benzene rings is 2. The topological polar surface area (TPSA) is 71.1 Å². The Hall–Kier alpha value is -3.20. The smallest absolute Gasteiger partial charge is 0.265 e. The highest BCUT2D eigenvalue weighted by Gasteiger charge is 2.34. The molecule has 4 rings (SSSR count).